The van der Waals surface area contributed by atoms with Crippen molar-refractivity contribution in [3.05, 3.63) is 24.1 Å². The van der Waals surface area contributed by atoms with Gasteiger partial charge in [-0.05, 0) is 26.8 Å². The lowest BCUT2D eigenvalue weighted by atomic mass is 9.90. The van der Waals surface area contributed by atoms with Gasteiger partial charge < -0.3 is 9.64 Å². The molecule has 2 rings (SSSR count). The quantitative estimate of drug-likeness (QED) is 0.734. The normalized spacial score (nSPS) is 30.4. The number of rotatable bonds is 1. The molecule has 0 saturated carbocycles. The van der Waals surface area contributed by atoms with E-state index in [1.807, 2.05) is 6.08 Å². The molecule has 20 heavy (non-hydrogen) atoms. The average molecular weight is 285 g/mol. The third-order valence-corrected chi connectivity index (χ3v) is 3.48. The molecule has 0 aromatic carbocycles. The molecule has 0 radical (unpaired) electrons. The summed E-state index contributed by atoms with van der Waals surface area (Å²) in [6.07, 6.45) is 3.72. The van der Waals surface area contributed by atoms with Crippen LogP contribution in [0.4, 0.5) is 13.6 Å². The molecule has 3 nitrogen and oxygen atoms in total. The number of carbonyl (C=O) groups is 1. The van der Waals surface area contributed by atoms with Crippen LogP contribution in [-0.4, -0.2) is 35.4 Å². The Kier molecular flexibility index (Phi) is 4.16. The molecule has 5 heteroatoms. The zero-order valence-corrected chi connectivity index (χ0v) is 12.1. The van der Waals surface area contributed by atoms with Gasteiger partial charge in [-0.3, -0.25) is 0 Å². The first kappa shape index (κ1) is 15.0. The molecule has 0 aromatic heterocycles. The Morgan fingerprint density at radius 1 is 1.45 bits per heavy atom. The highest BCUT2D eigenvalue weighted by atomic mass is 19.1. The highest BCUT2D eigenvalue weighted by Crippen LogP contribution is 2.33. The summed E-state index contributed by atoms with van der Waals surface area (Å²) in [5.41, 5.74) is -0.621. The van der Waals surface area contributed by atoms with E-state index in [2.05, 4.69) is 0 Å². The van der Waals surface area contributed by atoms with E-state index in [0.29, 0.717) is 0 Å². The molecule has 3 atom stereocenters. The molecule has 1 aliphatic carbocycles. The number of ether oxygens (including phenoxy) is 1. The summed E-state index contributed by atoms with van der Waals surface area (Å²) in [4.78, 5) is 13.6. The summed E-state index contributed by atoms with van der Waals surface area (Å²) >= 11 is 0. The Labute approximate surface area is 118 Å². The van der Waals surface area contributed by atoms with Crippen LogP contribution in [0, 0.1) is 5.92 Å². The monoisotopic (exact) mass is 285 g/mol. The Balaban J connectivity index is 2.09. The van der Waals surface area contributed by atoms with Crippen LogP contribution in [0.1, 0.15) is 33.6 Å². The van der Waals surface area contributed by atoms with E-state index in [0.717, 1.165) is 0 Å². The molecule has 1 fully saturated rings. The van der Waals surface area contributed by atoms with Gasteiger partial charge in [-0.25, -0.2) is 13.6 Å². The van der Waals surface area contributed by atoms with E-state index in [-0.39, 0.29) is 37.2 Å². The minimum atomic E-state index is -1.07. The maximum Gasteiger partial charge on any atom is 0.410 e. The molecular formula is C15H21F2NO2. The maximum atomic E-state index is 13.7. The number of hydrogen-bond acceptors (Lipinski definition) is 2. The highest BCUT2D eigenvalue weighted by Gasteiger charge is 2.41. The van der Waals surface area contributed by atoms with Crippen molar-refractivity contribution in [1.82, 2.24) is 4.90 Å². The molecule has 1 unspecified atom stereocenters. The van der Waals surface area contributed by atoms with Gasteiger partial charge in [0.2, 0.25) is 0 Å². The van der Waals surface area contributed by atoms with Crippen LogP contribution < -0.4 is 0 Å². The second-order valence-electron chi connectivity index (χ2n) is 6.40. The fourth-order valence-electron chi connectivity index (χ4n) is 2.68. The molecule has 1 saturated heterocycles. The van der Waals surface area contributed by atoms with Crippen LogP contribution in [0.3, 0.4) is 0 Å². The van der Waals surface area contributed by atoms with E-state index in [4.69, 9.17) is 4.74 Å². The fourth-order valence-corrected chi connectivity index (χ4v) is 2.68. The third-order valence-electron chi connectivity index (χ3n) is 3.48. The largest absolute Gasteiger partial charge is 0.444 e. The van der Waals surface area contributed by atoms with Gasteiger partial charge in [-0.2, -0.15) is 0 Å². The predicted octanol–water partition coefficient (Wildman–Crippen LogP) is 3.76. The van der Waals surface area contributed by atoms with Gasteiger partial charge in [0.05, 0.1) is 6.54 Å². The first-order valence-electron chi connectivity index (χ1n) is 6.93. The second kappa shape index (κ2) is 5.54. The van der Waals surface area contributed by atoms with Crippen molar-refractivity contribution in [3.63, 3.8) is 0 Å². The van der Waals surface area contributed by atoms with Crippen molar-refractivity contribution < 1.29 is 18.3 Å². The van der Waals surface area contributed by atoms with Gasteiger partial charge in [0, 0.05) is 24.8 Å². The van der Waals surface area contributed by atoms with Crippen LogP contribution in [0.5, 0.6) is 0 Å². The predicted molar refractivity (Wildman–Crippen MR) is 72.7 cm³/mol. The smallest absolute Gasteiger partial charge is 0.410 e. The number of allylic oxidation sites excluding steroid dienone is 3. The van der Waals surface area contributed by atoms with Crippen molar-refractivity contribution in [2.45, 2.75) is 51.4 Å². The highest BCUT2D eigenvalue weighted by molar-refractivity contribution is 5.69. The van der Waals surface area contributed by atoms with E-state index in [9.17, 15) is 13.6 Å². The summed E-state index contributed by atoms with van der Waals surface area (Å²) in [6, 6.07) is -0.337. The summed E-state index contributed by atoms with van der Waals surface area (Å²) in [6.45, 7) is 5.33. The summed E-state index contributed by atoms with van der Waals surface area (Å²) in [5.74, 6) is -0.419. The van der Waals surface area contributed by atoms with Crippen molar-refractivity contribution in [2.24, 2.45) is 5.92 Å². The van der Waals surface area contributed by atoms with Gasteiger partial charge in [0.25, 0.3) is 0 Å². The van der Waals surface area contributed by atoms with Crippen LogP contribution >= 0.6 is 0 Å². The molecular weight excluding hydrogens is 264 g/mol. The lowest BCUT2D eigenvalue weighted by molar-refractivity contribution is 0.0185. The SMILES string of the molecule is CC(C)(C)OC(=O)N1C[C@@H](F)CC1[C@H]1C=CC=C(F)C1. The van der Waals surface area contributed by atoms with Crippen LogP contribution in [0.15, 0.2) is 24.1 Å². The van der Waals surface area contributed by atoms with Gasteiger partial charge in [0.1, 0.15) is 17.6 Å². The number of halogens is 2. The van der Waals surface area contributed by atoms with Crippen molar-refractivity contribution in [1.29, 1.82) is 0 Å². The molecule has 0 bridgehead atoms. The van der Waals surface area contributed by atoms with Gasteiger partial charge in [-0.1, -0.05) is 12.2 Å². The van der Waals surface area contributed by atoms with Crippen LogP contribution in [-0.2, 0) is 4.74 Å². The number of hydrogen-bond donors (Lipinski definition) is 0. The maximum absolute atomic E-state index is 13.7. The Hall–Kier alpha value is -1.39. The Morgan fingerprint density at radius 3 is 2.75 bits per heavy atom. The summed E-state index contributed by atoms with van der Waals surface area (Å²) in [7, 11) is 0. The van der Waals surface area contributed by atoms with Gasteiger partial charge in [-0.15, -0.1) is 0 Å². The van der Waals surface area contributed by atoms with Crippen molar-refractivity contribution >= 4 is 6.09 Å². The van der Waals surface area contributed by atoms with E-state index in [1.54, 1.807) is 26.8 Å². The molecule has 0 spiro atoms. The average Bonchev–Trinajstić information content (AvgIpc) is 2.69. The summed E-state index contributed by atoms with van der Waals surface area (Å²) < 4.78 is 32.4. The van der Waals surface area contributed by atoms with E-state index < -0.39 is 17.9 Å². The number of carbonyl (C=O) groups excluding carboxylic acids is 1. The molecule has 0 N–H and O–H groups in total. The minimum Gasteiger partial charge on any atom is -0.444 e. The third kappa shape index (κ3) is 3.58. The van der Waals surface area contributed by atoms with E-state index >= 15 is 0 Å². The lowest BCUT2D eigenvalue weighted by Crippen LogP contribution is -2.43. The number of alkyl halides is 1. The van der Waals surface area contributed by atoms with Crippen LogP contribution in [0.2, 0.25) is 0 Å². The topological polar surface area (TPSA) is 29.5 Å². The van der Waals surface area contributed by atoms with Crippen molar-refractivity contribution in [3.8, 4) is 0 Å². The lowest BCUT2D eigenvalue weighted by Gasteiger charge is -2.32. The summed E-state index contributed by atoms with van der Waals surface area (Å²) in [5, 5.41) is 0. The molecule has 1 heterocycles. The van der Waals surface area contributed by atoms with Gasteiger partial charge >= 0.3 is 6.09 Å². The van der Waals surface area contributed by atoms with Crippen molar-refractivity contribution in [2.75, 3.05) is 6.54 Å². The molecule has 0 aromatic rings. The molecule has 112 valence electrons. The van der Waals surface area contributed by atoms with Crippen LogP contribution in [0.25, 0.3) is 0 Å². The Morgan fingerprint density at radius 2 is 2.15 bits per heavy atom. The minimum absolute atomic E-state index is 0.0231. The molecule has 2 aliphatic rings. The zero-order valence-electron chi connectivity index (χ0n) is 12.1. The molecule has 1 amide bonds. The number of amides is 1. The van der Waals surface area contributed by atoms with Gasteiger partial charge in [0.15, 0.2) is 0 Å². The first-order chi connectivity index (χ1) is 9.26. The second-order valence-corrected chi connectivity index (χ2v) is 6.40. The standard InChI is InChI=1S/C15H21F2NO2/c1-15(2,3)20-14(19)18-9-12(17)8-13(18)10-5-4-6-11(16)7-10/h4-6,10,12-13H,7-9H2,1-3H3/t10-,12-,13?/m0/s1. The number of nitrogens with zero attached hydrogens (tertiary/aromatic N) is 1. The Bertz CT molecular complexity index is 440. The molecule has 1 aliphatic heterocycles. The zero-order chi connectivity index (χ0) is 14.9. The number of likely N-dealkylation sites (tertiary alicyclic amines) is 1. The van der Waals surface area contributed by atoms with E-state index in [1.165, 1.54) is 11.0 Å². The first-order valence-corrected chi connectivity index (χ1v) is 6.93. The fraction of sp³-hybridized carbons (Fsp3) is 0.667.